The van der Waals surface area contributed by atoms with Gasteiger partial charge in [-0.05, 0) is 6.07 Å². The quantitative estimate of drug-likeness (QED) is 0.330. The van der Waals surface area contributed by atoms with Crippen LogP contribution in [0.3, 0.4) is 0 Å². The first-order valence-electron chi connectivity index (χ1n) is 10.9. The van der Waals surface area contributed by atoms with E-state index in [0.29, 0.717) is 39.7 Å². The maximum atomic E-state index is 13.1. The molecule has 0 spiro atoms. The Morgan fingerprint density at radius 1 is 0.914 bits per heavy atom. The number of ether oxygens (including phenoxy) is 4. The second-order valence-electron chi connectivity index (χ2n) is 8.01. The first-order chi connectivity index (χ1) is 17.0. The molecule has 1 aliphatic rings. The standard InChI is InChI=1S/C27H22O8/c1-31-19-10-9-15(25(32-2)26(19)33-3)16-11-22(30)34-21-13-18(29)24-17(28)12-20(35-27(24)23(16)21)14-7-5-4-6-8-14/h4-10,12-13,16,29H,11H2,1-3H3/t16-/m0/s1. The van der Waals surface area contributed by atoms with Gasteiger partial charge in [0.15, 0.2) is 16.9 Å². The first kappa shape index (κ1) is 22.3. The van der Waals surface area contributed by atoms with Crippen LogP contribution in [-0.4, -0.2) is 32.4 Å². The molecule has 5 rings (SSSR count). The molecule has 0 bridgehead atoms. The largest absolute Gasteiger partial charge is 0.507 e. The molecule has 0 fully saturated rings. The third-order valence-corrected chi connectivity index (χ3v) is 6.09. The van der Waals surface area contributed by atoms with E-state index in [2.05, 4.69) is 0 Å². The molecule has 8 heteroatoms. The van der Waals surface area contributed by atoms with E-state index in [1.165, 1.54) is 33.5 Å². The van der Waals surface area contributed by atoms with E-state index in [-0.39, 0.29) is 28.9 Å². The van der Waals surface area contributed by atoms with Crippen LogP contribution in [-0.2, 0) is 4.79 Å². The molecule has 1 atom stereocenters. The van der Waals surface area contributed by atoms with Crippen molar-refractivity contribution in [1.82, 2.24) is 0 Å². The second-order valence-corrected chi connectivity index (χ2v) is 8.01. The molecule has 2 heterocycles. The predicted octanol–water partition coefficient (Wildman–Crippen LogP) is 4.63. The summed E-state index contributed by atoms with van der Waals surface area (Å²) < 4.78 is 28.3. The van der Waals surface area contributed by atoms with Gasteiger partial charge in [-0.3, -0.25) is 9.59 Å². The van der Waals surface area contributed by atoms with Crippen molar-refractivity contribution in [2.24, 2.45) is 0 Å². The average Bonchev–Trinajstić information content (AvgIpc) is 2.87. The summed E-state index contributed by atoms with van der Waals surface area (Å²) in [5.41, 5.74) is 1.48. The Morgan fingerprint density at radius 3 is 2.34 bits per heavy atom. The normalized spacial score (nSPS) is 14.8. The van der Waals surface area contributed by atoms with Crippen LogP contribution >= 0.6 is 0 Å². The van der Waals surface area contributed by atoms with Crippen LogP contribution in [0.25, 0.3) is 22.3 Å². The van der Waals surface area contributed by atoms with Gasteiger partial charge in [-0.15, -0.1) is 0 Å². The lowest BCUT2D eigenvalue weighted by molar-refractivity contribution is -0.135. The number of rotatable bonds is 5. The number of benzene rings is 3. The molecule has 1 N–H and O–H groups in total. The number of aromatic hydroxyl groups is 1. The van der Waals surface area contributed by atoms with Crippen molar-refractivity contribution >= 4 is 16.9 Å². The monoisotopic (exact) mass is 474 g/mol. The summed E-state index contributed by atoms with van der Waals surface area (Å²) in [4.78, 5) is 25.7. The van der Waals surface area contributed by atoms with Gasteiger partial charge in [0, 0.05) is 34.7 Å². The summed E-state index contributed by atoms with van der Waals surface area (Å²) in [5, 5.41) is 10.7. The van der Waals surface area contributed by atoms with Crippen molar-refractivity contribution in [3.63, 3.8) is 0 Å². The van der Waals surface area contributed by atoms with Crippen molar-refractivity contribution < 1.29 is 33.3 Å². The second kappa shape index (κ2) is 8.72. The Kier molecular flexibility index (Phi) is 5.56. The van der Waals surface area contributed by atoms with E-state index in [0.717, 1.165) is 0 Å². The number of phenolic OH excluding ortho intramolecular Hbond substituents is 1. The van der Waals surface area contributed by atoms with Gasteiger partial charge in [-0.2, -0.15) is 0 Å². The molecule has 0 saturated carbocycles. The third-order valence-electron chi connectivity index (χ3n) is 6.09. The maximum Gasteiger partial charge on any atom is 0.312 e. The molecule has 178 valence electrons. The minimum Gasteiger partial charge on any atom is -0.507 e. The summed E-state index contributed by atoms with van der Waals surface area (Å²) >= 11 is 0. The van der Waals surface area contributed by atoms with Gasteiger partial charge in [-0.1, -0.05) is 36.4 Å². The van der Waals surface area contributed by atoms with E-state index >= 15 is 0 Å². The Balaban J connectivity index is 1.84. The Morgan fingerprint density at radius 2 is 1.66 bits per heavy atom. The predicted molar refractivity (Wildman–Crippen MR) is 128 cm³/mol. The molecule has 0 amide bonds. The molecular formula is C27H22O8. The fourth-order valence-electron chi connectivity index (χ4n) is 4.57. The molecule has 35 heavy (non-hydrogen) atoms. The van der Waals surface area contributed by atoms with Crippen LogP contribution in [0.4, 0.5) is 0 Å². The number of phenols is 1. The molecule has 0 aliphatic carbocycles. The number of carbonyl (C=O) groups excluding carboxylic acids is 1. The molecular weight excluding hydrogens is 452 g/mol. The number of esters is 1. The smallest absolute Gasteiger partial charge is 0.312 e. The number of hydrogen-bond acceptors (Lipinski definition) is 8. The number of hydrogen-bond donors (Lipinski definition) is 1. The highest BCUT2D eigenvalue weighted by Crippen LogP contribution is 2.51. The van der Waals surface area contributed by atoms with Crippen molar-refractivity contribution in [2.45, 2.75) is 12.3 Å². The van der Waals surface area contributed by atoms with Crippen molar-refractivity contribution in [3.05, 3.63) is 75.9 Å². The molecule has 1 aliphatic heterocycles. The molecule has 4 aromatic rings. The van der Waals surface area contributed by atoms with Crippen LogP contribution in [0.15, 0.2) is 63.8 Å². The summed E-state index contributed by atoms with van der Waals surface area (Å²) in [6, 6.07) is 15.2. The summed E-state index contributed by atoms with van der Waals surface area (Å²) in [6.45, 7) is 0. The Bertz CT molecular complexity index is 1500. The van der Waals surface area contributed by atoms with Gasteiger partial charge in [0.05, 0.1) is 27.8 Å². The Hall–Kier alpha value is -4.46. The minimum atomic E-state index is -0.613. The highest BCUT2D eigenvalue weighted by atomic mass is 16.5. The van der Waals surface area contributed by atoms with Gasteiger partial charge in [-0.25, -0.2) is 0 Å². The highest BCUT2D eigenvalue weighted by Gasteiger charge is 2.36. The maximum absolute atomic E-state index is 13.1. The number of methoxy groups -OCH3 is 3. The molecule has 0 saturated heterocycles. The van der Waals surface area contributed by atoms with Crippen molar-refractivity contribution in [1.29, 1.82) is 0 Å². The lowest BCUT2D eigenvalue weighted by atomic mass is 9.84. The van der Waals surface area contributed by atoms with Crippen LogP contribution in [0.2, 0.25) is 0 Å². The van der Waals surface area contributed by atoms with Crippen LogP contribution in [0.1, 0.15) is 23.5 Å². The van der Waals surface area contributed by atoms with Gasteiger partial charge < -0.3 is 28.5 Å². The van der Waals surface area contributed by atoms with Crippen molar-refractivity contribution in [2.75, 3.05) is 21.3 Å². The third kappa shape index (κ3) is 3.63. The zero-order valence-corrected chi connectivity index (χ0v) is 19.3. The van der Waals surface area contributed by atoms with Crippen LogP contribution in [0.5, 0.6) is 28.7 Å². The van der Waals surface area contributed by atoms with Gasteiger partial charge in [0.25, 0.3) is 0 Å². The molecule has 3 aromatic carbocycles. The van der Waals surface area contributed by atoms with E-state index in [4.69, 9.17) is 23.4 Å². The highest BCUT2D eigenvalue weighted by molar-refractivity contribution is 5.93. The van der Waals surface area contributed by atoms with Crippen LogP contribution < -0.4 is 24.4 Å². The van der Waals surface area contributed by atoms with Gasteiger partial charge >= 0.3 is 5.97 Å². The first-order valence-corrected chi connectivity index (χ1v) is 10.9. The molecule has 8 nitrogen and oxygen atoms in total. The van der Waals surface area contributed by atoms with Crippen molar-refractivity contribution in [3.8, 4) is 40.1 Å². The molecule has 0 unspecified atom stereocenters. The van der Waals surface area contributed by atoms with Gasteiger partial charge in [0.1, 0.15) is 28.2 Å². The fourth-order valence-corrected chi connectivity index (χ4v) is 4.57. The number of carbonyl (C=O) groups is 1. The molecule has 1 aromatic heterocycles. The zero-order valence-electron chi connectivity index (χ0n) is 19.3. The topological polar surface area (TPSA) is 104 Å². The fraction of sp³-hybridized carbons (Fsp3) is 0.185. The SMILES string of the molecule is COc1ccc([C@@H]2CC(=O)Oc3cc(O)c4c(=O)cc(-c5ccccc5)oc4c32)c(OC)c1OC. The molecule has 0 radical (unpaired) electrons. The lowest BCUT2D eigenvalue weighted by Gasteiger charge is -2.28. The zero-order chi connectivity index (χ0) is 24.7. The van der Waals surface area contributed by atoms with Crippen LogP contribution in [0, 0.1) is 0 Å². The summed E-state index contributed by atoms with van der Waals surface area (Å²) in [6.07, 6.45) is -0.0437. The minimum absolute atomic E-state index is 0.00539. The Labute approximate surface area is 200 Å². The van der Waals surface area contributed by atoms with E-state index in [1.54, 1.807) is 12.1 Å². The average molecular weight is 474 g/mol. The van der Waals surface area contributed by atoms with E-state index in [9.17, 15) is 14.7 Å². The van der Waals surface area contributed by atoms with E-state index in [1.807, 2.05) is 30.3 Å². The summed E-state index contributed by atoms with van der Waals surface area (Å²) in [5.74, 6) is 0.188. The lowest BCUT2D eigenvalue weighted by Crippen LogP contribution is -2.22. The summed E-state index contributed by atoms with van der Waals surface area (Å²) in [7, 11) is 4.50. The van der Waals surface area contributed by atoms with E-state index < -0.39 is 17.3 Å². The number of fused-ring (bicyclic) bond motifs is 3. The van der Waals surface area contributed by atoms with Gasteiger partial charge in [0.2, 0.25) is 5.75 Å².